The summed E-state index contributed by atoms with van der Waals surface area (Å²) in [4.78, 5) is 0. The minimum atomic E-state index is -6.00. The largest absolute Gasteiger partial charge is 0.473 e. The Kier molecular flexibility index (Phi) is 7.63. The third kappa shape index (κ3) is 5.13. The lowest BCUT2D eigenvalue weighted by Gasteiger charge is -2.35. The molecule has 2 aromatic rings. The highest BCUT2D eigenvalue weighted by Gasteiger charge is 2.71. The molecule has 0 fully saturated rings. The van der Waals surface area contributed by atoms with Crippen LogP contribution in [0.3, 0.4) is 0 Å². The highest BCUT2D eigenvalue weighted by Crippen LogP contribution is 2.54. The first-order valence-corrected chi connectivity index (χ1v) is 9.30. The Morgan fingerprint density at radius 2 is 0.686 bits per heavy atom. The zero-order valence-electron chi connectivity index (χ0n) is 17.0. The molecule has 0 aliphatic carbocycles. The first kappa shape index (κ1) is 28.1. The number of hydrogen-bond donors (Lipinski definition) is 0. The first-order chi connectivity index (χ1) is 15.9. The predicted octanol–water partition coefficient (Wildman–Crippen LogP) is 8.16. The van der Waals surface area contributed by atoms with Gasteiger partial charge in [-0.05, 0) is 23.3 Å². The molecular weight excluding hydrogens is 508 g/mol. The number of benzene rings is 2. The maximum atomic E-state index is 13.6. The highest BCUT2D eigenvalue weighted by atomic mass is 19.4. The van der Waals surface area contributed by atoms with Crippen LogP contribution >= 0.6 is 0 Å². The zero-order chi connectivity index (χ0) is 26.8. The van der Waals surface area contributed by atoms with Gasteiger partial charge in [-0.15, -0.1) is 0 Å². The van der Waals surface area contributed by atoms with E-state index < -0.39 is 58.8 Å². The molecule has 35 heavy (non-hydrogen) atoms. The van der Waals surface area contributed by atoms with Crippen LogP contribution < -0.4 is 0 Å². The zero-order valence-corrected chi connectivity index (χ0v) is 17.0. The van der Waals surface area contributed by atoms with Crippen LogP contribution in [0.2, 0.25) is 0 Å². The summed E-state index contributed by atoms with van der Waals surface area (Å²) in [5.74, 6) is 0. The summed E-state index contributed by atoms with van der Waals surface area (Å²) in [6, 6.07) is 7.86. The molecule has 2 rings (SSSR count). The fourth-order valence-electron chi connectivity index (χ4n) is 3.28. The van der Waals surface area contributed by atoms with Crippen molar-refractivity contribution < 1.29 is 57.4 Å². The van der Waals surface area contributed by atoms with E-state index in [2.05, 4.69) is 4.74 Å². The summed E-state index contributed by atoms with van der Waals surface area (Å²) in [6.45, 7) is 0. The Labute approximate surface area is 190 Å². The van der Waals surface area contributed by atoms with Crippen molar-refractivity contribution in [1.29, 1.82) is 0 Å². The van der Waals surface area contributed by atoms with Crippen LogP contribution in [0.15, 0.2) is 85.3 Å². The van der Waals surface area contributed by atoms with E-state index in [1.54, 1.807) is 0 Å². The molecule has 2 aromatic carbocycles. The number of alkyl halides is 12. The summed E-state index contributed by atoms with van der Waals surface area (Å²) in [7, 11) is 0. The molecule has 0 unspecified atom stereocenters. The van der Waals surface area contributed by atoms with Gasteiger partial charge in [-0.25, -0.2) is 0 Å². The molecule has 0 saturated heterocycles. The van der Waals surface area contributed by atoms with Crippen molar-refractivity contribution in [1.82, 2.24) is 0 Å². The van der Waals surface area contributed by atoms with Gasteiger partial charge in [0.25, 0.3) is 0 Å². The topological polar surface area (TPSA) is 9.23 Å². The van der Waals surface area contributed by atoms with E-state index >= 15 is 0 Å². The second kappa shape index (κ2) is 9.50. The maximum Gasteiger partial charge on any atom is 0.410 e. The molecule has 0 saturated carbocycles. The van der Waals surface area contributed by atoms with E-state index in [0.29, 0.717) is 24.3 Å². The lowest BCUT2D eigenvalue weighted by Crippen LogP contribution is -2.52. The summed E-state index contributed by atoms with van der Waals surface area (Å²) in [5, 5.41) is 0. The van der Waals surface area contributed by atoms with Gasteiger partial charge in [0.2, 0.25) is 10.8 Å². The Morgan fingerprint density at radius 1 is 0.429 bits per heavy atom. The van der Waals surface area contributed by atoms with Crippen LogP contribution in [0.1, 0.15) is 11.1 Å². The molecule has 0 N–H and O–H groups in total. The standard InChI is InChI=1S/C22H14F12O/c23-19(24,25)17(20(26,27)28,15-7-3-1-4-8-15)11-13-35-14-12-18(21(29,30)31,22(32,33)34)16-9-5-2-6-10-16/h1-14H. The molecule has 0 heterocycles. The molecule has 13 heteroatoms. The number of ether oxygens (including phenoxy) is 1. The average molecular weight is 522 g/mol. The minimum Gasteiger partial charge on any atom is -0.473 e. The van der Waals surface area contributed by atoms with Crippen LogP contribution in [0.5, 0.6) is 0 Å². The van der Waals surface area contributed by atoms with Crippen molar-refractivity contribution in [3.05, 3.63) is 96.5 Å². The van der Waals surface area contributed by atoms with E-state index in [1.807, 2.05) is 0 Å². The summed E-state index contributed by atoms with van der Waals surface area (Å²) >= 11 is 0. The molecule has 0 radical (unpaired) electrons. The summed E-state index contributed by atoms with van der Waals surface area (Å²) in [5.41, 5.74) is -11.9. The van der Waals surface area contributed by atoms with Gasteiger partial charge in [-0.3, -0.25) is 0 Å². The van der Waals surface area contributed by atoms with Crippen molar-refractivity contribution >= 4 is 0 Å². The van der Waals surface area contributed by atoms with Gasteiger partial charge in [0.05, 0.1) is 12.5 Å². The van der Waals surface area contributed by atoms with E-state index in [9.17, 15) is 52.7 Å². The summed E-state index contributed by atoms with van der Waals surface area (Å²) < 4.78 is 168. The van der Waals surface area contributed by atoms with Crippen LogP contribution in [0.25, 0.3) is 0 Å². The number of halogens is 12. The van der Waals surface area contributed by atoms with Gasteiger partial charge in [0.1, 0.15) is 0 Å². The van der Waals surface area contributed by atoms with E-state index in [-0.39, 0.29) is 12.5 Å². The average Bonchev–Trinajstić information content (AvgIpc) is 2.71. The van der Waals surface area contributed by atoms with E-state index in [4.69, 9.17) is 0 Å². The smallest absolute Gasteiger partial charge is 0.410 e. The van der Waals surface area contributed by atoms with Crippen LogP contribution in [-0.2, 0) is 15.6 Å². The molecule has 0 bridgehead atoms. The number of hydrogen-bond acceptors (Lipinski definition) is 1. The van der Waals surface area contributed by atoms with Gasteiger partial charge >= 0.3 is 24.7 Å². The molecule has 0 aliphatic rings. The predicted molar refractivity (Wildman–Crippen MR) is 99.8 cm³/mol. The molecule has 1 nitrogen and oxygen atoms in total. The second-order valence-corrected chi connectivity index (χ2v) is 7.08. The van der Waals surface area contributed by atoms with Crippen molar-refractivity contribution in [3.8, 4) is 0 Å². The molecular formula is C22H14F12O. The van der Waals surface area contributed by atoms with Crippen LogP contribution in [0, 0.1) is 0 Å². The van der Waals surface area contributed by atoms with Crippen LogP contribution in [0.4, 0.5) is 52.7 Å². The summed E-state index contributed by atoms with van der Waals surface area (Å²) in [6.07, 6.45) is -25.6. The Balaban J connectivity index is 2.56. The third-order valence-corrected chi connectivity index (χ3v) is 5.04. The van der Waals surface area contributed by atoms with Crippen molar-refractivity contribution in [2.24, 2.45) is 0 Å². The monoisotopic (exact) mass is 522 g/mol. The molecule has 0 amide bonds. The van der Waals surface area contributed by atoms with Gasteiger partial charge in [0.15, 0.2) is 0 Å². The minimum absolute atomic E-state index is 0.271. The number of allylic oxidation sites excluding steroid dienone is 2. The van der Waals surface area contributed by atoms with Crippen molar-refractivity contribution in [3.63, 3.8) is 0 Å². The fourth-order valence-corrected chi connectivity index (χ4v) is 3.28. The second-order valence-electron chi connectivity index (χ2n) is 7.08. The highest BCUT2D eigenvalue weighted by molar-refractivity contribution is 5.37. The molecule has 0 aromatic heterocycles. The van der Waals surface area contributed by atoms with Gasteiger partial charge < -0.3 is 4.74 Å². The third-order valence-electron chi connectivity index (χ3n) is 5.04. The molecule has 0 spiro atoms. The lowest BCUT2D eigenvalue weighted by molar-refractivity contribution is -0.287. The maximum absolute atomic E-state index is 13.6. The Morgan fingerprint density at radius 3 is 0.914 bits per heavy atom. The molecule has 0 atom stereocenters. The van der Waals surface area contributed by atoms with Gasteiger partial charge in [-0.2, -0.15) is 52.7 Å². The normalized spacial score (nSPS) is 14.6. The van der Waals surface area contributed by atoms with Crippen molar-refractivity contribution in [2.75, 3.05) is 0 Å². The Hall–Kier alpha value is -3.12. The molecule has 192 valence electrons. The first-order valence-electron chi connectivity index (χ1n) is 9.30. The van der Waals surface area contributed by atoms with Crippen molar-refractivity contribution in [2.45, 2.75) is 35.5 Å². The van der Waals surface area contributed by atoms with E-state index in [0.717, 1.165) is 36.4 Å². The van der Waals surface area contributed by atoms with Gasteiger partial charge in [0, 0.05) is 0 Å². The molecule has 0 aliphatic heterocycles. The SMILES string of the molecule is FC(F)(F)C(C=COC=CC(c1ccccc1)(C(F)(F)F)C(F)(F)F)(c1ccccc1)C(F)(F)F. The lowest BCUT2D eigenvalue weighted by atomic mass is 9.78. The fraction of sp³-hybridized carbons (Fsp3) is 0.273. The van der Waals surface area contributed by atoms with Gasteiger partial charge in [-0.1, -0.05) is 60.7 Å². The van der Waals surface area contributed by atoms with Crippen LogP contribution in [-0.4, -0.2) is 24.7 Å². The van der Waals surface area contributed by atoms with E-state index in [1.165, 1.54) is 0 Å². The quantitative estimate of drug-likeness (QED) is 0.275. The number of rotatable bonds is 6. The Bertz CT molecular complexity index is 901.